The van der Waals surface area contributed by atoms with E-state index < -0.39 is 11.7 Å². The molecule has 2 aromatic heterocycles. The van der Waals surface area contributed by atoms with E-state index >= 15 is 0 Å². The lowest BCUT2D eigenvalue weighted by molar-refractivity contribution is -0.137. The van der Waals surface area contributed by atoms with Crippen molar-refractivity contribution in [2.75, 3.05) is 5.43 Å². The van der Waals surface area contributed by atoms with Gasteiger partial charge in [-0.05, 0) is 43.3 Å². The Hall–Kier alpha value is -3.55. The van der Waals surface area contributed by atoms with Crippen LogP contribution in [0.5, 0.6) is 0 Å². The molecule has 0 saturated carbocycles. The molecule has 0 radical (unpaired) electrons. The number of aromatic nitrogens is 2. The first kappa shape index (κ1) is 18.8. The smallest absolute Gasteiger partial charge is 0.416 e. The van der Waals surface area contributed by atoms with Crippen LogP contribution >= 0.6 is 0 Å². The molecule has 0 aliphatic carbocycles. The number of hydrogen-bond donors (Lipinski definition) is 1. The number of alkyl halides is 3. The summed E-state index contributed by atoms with van der Waals surface area (Å²) in [6.45, 7) is 2.73. The Balaban J connectivity index is 1.52. The molecule has 0 unspecified atom stereocenters. The molecule has 0 spiro atoms. The number of fused-ring (bicyclic) bond motifs is 1. The van der Waals surface area contributed by atoms with Crippen molar-refractivity contribution < 1.29 is 17.6 Å². The van der Waals surface area contributed by atoms with Crippen molar-refractivity contribution in [3.8, 4) is 11.3 Å². The predicted molar refractivity (Wildman–Crippen MR) is 106 cm³/mol. The second-order valence-corrected chi connectivity index (χ2v) is 6.32. The molecule has 4 rings (SSSR count). The van der Waals surface area contributed by atoms with Crippen LogP contribution < -0.4 is 5.43 Å². The summed E-state index contributed by atoms with van der Waals surface area (Å²) >= 11 is 0. The van der Waals surface area contributed by atoms with Crippen molar-refractivity contribution in [2.45, 2.75) is 19.6 Å². The van der Waals surface area contributed by atoms with Crippen LogP contribution in [-0.4, -0.2) is 15.8 Å². The predicted octanol–water partition coefficient (Wildman–Crippen LogP) is 5.78. The molecule has 0 amide bonds. The molecule has 0 fully saturated rings. The molecule has 5 nitrogen and oxygen atoms in total. The molecule has 4 aromatic rings. The Labute approximate surface area is 164 Å². The first-order chi connectivity index (χ1) is 14.0. The Kier molecular flexibility index (Phi) is 4.84. The minimum absolute atomic E-state index is 0.332. The molecule has 29 heavy (non-hydrogen) atoms. The van der Waals surface area contributed by atoms with Gasteiger partial charge in [0.25, 0.3) is 0 Å². The lowest BCUT2D eigenvalue weighted by Crippen LogP contribution is -2.04. The van der Waals surface area contributed by atoms with Crippen LogP contribution in [0.4, 0.5) is 19.1 Å². The van der Waals surface area contributed by atoms with Gasteiger partial charge in [0.15, 0.2) is 0 Å². The van der Waals surface area contributed by atoms with Gasteiger partial charge in [0.1, 0.15) is 11.5 Å². The third-order valence-electron chi connectivity index (χ3n) is 4.43. The fourth-order valence-corrected chi connectivity index (χ4v) is 3.06. The summed E-state index contributed by atoms with van der Waals surface area (Å²) in [5, 5.41) is 4.15. The number of para-hydroxylation sites is 2. The first-order valence-electron chi connectivity index (χ1n) is 8.97. The van der Waals surface area contributed by atoms with E-state index in [4.69, 9.17) is 4.42 Å². The number of imidazole rings is 1. The molecular formula is C21H17F3N4O. The largest absolute Gasteiger partial charge is 0.455 e. The number of furan rings is 1. The number of nitrogens with zero attached hydrogens (tertiary/aromatic N) is 3. The van der Waals surface area contributed by atoms with Crippen molar-refractivity contribution in [3.05, 3.63) is 72.0 Å². The van der Waals surface area contributed by atoms with Crippen molar-refractivity contribution in [3.63, 3.8) is 0 Å². The SMILES string of the molecule is CCn1c(N/N=C\c2ccc(-c3cccc(C(F)(F)F)c3)o2)nc2ccccc21. The number of benzene rings is 2. The van der Waals surface area contributed by atoms with Crippen molar-refractivity contribution in [1.82, 2.24) is 9.55 Å². The van der Waals surface area contributed by atoms with Crippen LogP contribution in [0.3, 0.4) is 0 Å². The highest BCUT2D eigenvalue weighted by molar-refractivity contribution is 5.80. The number of nitrogens with one attached hydrogen (secondary N) is 1. The Morgan fingerprint density at radius 1 is 1.10 bits per heavy atom. The molecule has 0 bridgehead atoms. The van der Waals surface area contributed by atoms with Gasteiger partial charge in [-0.2, -0.15) is 18.3 Å². The monoisotopic (exact) mass is 398 g/mol. The fraction of sp³-hybridized carbons (Fsp3) is 0.143. The second-order valence-electron chi connectivity index (χ2n) is 6.32. The minimum Gasteiger partial charge on any atom is -0.455 e. The molecule has 8 heteroatoms. The average Bonchev–Trinajstić information content (AvgIpc) is 3.31. The standard InChI is InChI=1S/C21H17F3N4O/c1-2-28-18-9-4-3-8-17(18)26-20(28)27-25-13-16-10-11-19(29-16)14-6-5-7-15(12-14)21(22,23)24/h3-13H,2H2,1H3,(H,26,27)/b25-13-. The number of rotatable bonds is 5. The summed E-state index contributed by atoms with van der Waals surface area (Å²) in [6, 6.07) is 16.0. The van der Waals surface area contributed by atoms with Gasteiger partial charge in [-0.25, -0.2) is 10.4 Å². The maximum absolute atomic E-state index is 12.9. The third kappa shape index (κ3) is 3.87. The quantitative estimate of drug-likeness (QED) is 0.342. The summed E-state index contributed by atoms with van der Waals surface area (Å²) in [4.78, 5) is 4.50. The van der Waals surface area contributed by atoms with Gasteiger partial charge < -0.3 is 8.98 Å². The van der Waals surface area contributed by atoms with Gasteiger partial charge in [0.05, 0.1) is 22.8 Å². The maximum atomic E-state index is 12.9. The topological polar surface area (TPSA) is 55.4 Å². The van der Waals surface area contributed by atoms with Crippen LogP contribution in [0.25, 0.3) is 22.4 Å². The number of hydrogen-bond acceptors (Lipinski definition) is 4. The van der Waals surface area contributed by atoms with E-state index in [0.717, 1.165) is 29.7 Å². The summed E-state index contributed by atoms with van der Waals surface area (Å²) in [5.41, 5.74) is 4.38. The highest BCUT2D eigenvalue weighted by Gasteiger charge is 2.30. The Morgan fingerprint density at radius 2 is 1.93 bits per heavy atom. The van der Waals surface area contributed by atoms with Crippen LogP contribution in [0.2, 0.25) is 0 Å². The molecule has 0 atom stereocenters. The average molecular weight is 398 g/mol. The van der Waals surface area contributed by atoms with E-state index in [9.17, 15) is 13.2 Å². The normalized spacial score (nSPS) is 12.1. The molecule has 2 aromatic carbocycles. The van der Waals surface area contributed by atoms with E-state index in [1.54, 1.807) is 18.2 Å². The Bertz CT molecular complexity index is 1170. The van der Waals surface area contributed by atoms with Gasteiger partial charge in [0.2, 0.25) is 5.95 Å². The molecule has 0 aliphatic heterocycles. The zero-order chi connectivity index (χ0) is 20.4. The van der Waals surface area contributed by atoms with Crippen molar-refractivity contribution in [1.29, 1.82) is 0 Å². The number of anilines is 1. The fourth-order valence-electron chi connectivity index (χ4n) is 3.06. The van der Waals surface area contributed by atoms with E-state index in [0.29, 0.717) is 23.0 Å². The lowest BCUT2D eigenvalue weighted by Gasteiger charge is -2.07. The van der Waals surface area contributed by atoms with Crippen LogP contribution in [0, 0.1) is 0 Å². The van der Waals surface area contributed by atoms with E-state index in [2.05, 4.69) is 15.5 Å². The molecule has 0 aliphatic rings. The zero-order valence-corrected chi connectivity index (χ0v) is 15.4. The van der Waals surface area contributed by atoms with Gasteiger partial charge >= 0.3 is 6.18 Å². The number of halogens is 3. The summed E-state index contributed by atoms with van der Waals surface area (Å²) in [7, 11) is 0. The van der Waals surface area contributed by atoms with Crippen LogP contribution in [0.15, 0.2) is 70.2 Å². The number of aryl methyl sites for hydroxylation is 1. The van der Waals surface area contributed by atoms with E-state index in [1.165, 1.54) is 12.3 Å². The summed E-state index contributed by atoms with van der Waals surface area (Å²) in [5.74, 6) is 1.33. The molecule has 148 valence electrons. The van der Waals surface area contributed by atoms with Gasteiger partial charge in [-0.15, -0.1) is 0 Å². The summed E-state index contributed by atoms with van der Waals surface area (Å²) in [6.07, 6.45) is -2.95. The second kappa shape index (κ2) is 7.46. The first-order valence-corrected chi connectivity index (χ1v) is 8.97. The molecule has 0 saturated heterocycles. The zero-order valence-electron chi connectivity index (χ0n) is 15.4. The van der Waals surface area contributed by atoms with E-state index in [1.807, 2.05) is 35.8 Å². The number of hydrazone groups is 1. The van der Waals surface area contributed by atoms with Crippen molar-refractivity contribution in [2.24, 2.45) is 5.10 Å². The van der Waals surface area contributed by atoms with Crippen molar-refractivity contribution >= 4 is 23.2 Å². The van der Waals surface area contributed by atoms with Gasteiger partial charge in [-0.1, -0.05) is 24.3 Å². The molecule has 2 heterocycles. The van der Waals surface area contributed by atoms with E-state index in [-0.39, 0.29) is 0 Å². The third-order valence-corrected chi connectivity index (χ3v) is 4.43. The van der Waals surface area contributed by atoms with Gasteiger partial charge in [0, 0.05) is 12.1 Å². The molecular weight excluding hydrogens is 381 g/mol. The summed E-state index contributed by atoms with van der Waals surface area (Å²) < 4.78 is 46.3. The highest BCUT2D eigenvalue weighted by atomic mass is 19.4. The lowest BCUT2D eigenvalue weighted by atomic mass is 10.1. The molecule has 1 N–H and O–H groups in total. The van der Waals surface area contributed by atoms with Crippen LogP contribution in [-0.2, 0) is 12.7 Å². The Morgan fingerprint density at radius 3 is 2.72 bits per heavy atom. The van der Waals surface area contributed by atoms with Crippen LogP contribution in [0.1, 0.15) is 18.2 Å². The minimum atomic E-state index is -4.40. The highest BCUT2D eigenvalue weighted by Crippen LogP contribution is 2.32. The van der Waals surface area contributed by atoms with Gasteiger partial charge in [-0.3, -0.25) is 0 Å². The maximum Gasteiger partial charge on any atom is 0.416 e.